The summed E-state index contributed by atoms with van der Waals surface area (Å²) < 4.78 is 0. The molecule has 0 aromatic rings. The number of halogens is 1. The maximum Gasteiger partial charge on any atom is 0.156 e. The highest BCUT2D eigenvalue weighted by Gasteiger charge is 2.25. The van der Waals surface area contributed by atoms with Crippen LogP contribution in [0.5, 0.6) is 0 Å². The van der Waals surface area contributed by atoms with Crippen molar-refractivity contribution in [2.24, 2.45) is 5.92 Å². The van der Waals surface area contributed by atoms with Gasteiger partial charge in [0.1, 0.15) is 0 Å². The Morgan fingerprint density at radius 3 is 2.69 bits per heavy atom. The highest BCUT2D eigenvalue weighted by Crippen LogP contribution is 2.21. The van der Waals surface area contributed by atoms with Crippen molar-refractivity contribution in [2.45, 2.75) is 45.7 Å². The number of carbonyl (C=O) groups is 1. The molecule has 3 heteroatoms. The molecule has 0 heterocycles. The molecule has 2 nitrogen and oxygen atoms in total. The Morgan fingerprint density at radius 2 is 2.19 bits per heavy atom. The van der Waals surface area contributed by atoms with Crippen LogP contribution in [-0.4, -0.2) is 17.4 Å². The average molecular weight is 242 g/mol. The minimum Gasteiger partial charge on any atom is -0.303 e. The third kappa shape index (κ3) is 4.11. The van der Waals surface area contributed by atoms with Crippen molar-refractivity contribution >= 4 is 17.4 Å². The van der Waals surface area contributed by atoms with Crippen molar-refractivity contribution in [3.63, 3.8) is 0 Å². The van der Waals surface area contributed by atoms with Crippen molar-refractivity contribution < 1.29 is 4.79 Å². The van der Waals surface area contributed by atoms with Crippen LogP contribution in [0.25, 0.3) is 0 Å². The summed E-state index contributed by atoms with van der Waals surface area (Å²) in [5.74, 6) is 0.125. The predicted molar refractivity (Wildman–Crippen MR) is 68.5 cm³/mol. The molecule has 0 bridgehead atoms. The van der Waals surface area contributed by atoms with Gasteiger partial charge in [-0.25, -0.2) is 0 Å². The first kappa shape index (κ1) is 13.5. The first-order valence-corrected chi connectivity index (χ1v) is 6.02. The van der Waals surface area contributed by atoms with Gasteiger partial charge < -0.3 is 5.32 Å². The molecule has 1 aliphatic rings. The van der Waals surface area contributed by atoms with Crippen LogP contribution in [0, 0.1) is 5.92 Å². The summed E-state index contributed by atoms with van der Waals surface area (Å²) >= 11 is 5.89. The number of ketones is 1. The Hall–Kier alpha value is -0.600. The molecule has 0 amide bonds. The molecule has 0 saturated carbocycles. The maximum absolute atomic E-state index is 12.1. The van der Waals surface area contributed by atoms with E-state index in [4.69, 9.17) is 11.6 Å². The fraction of sp³-hybridized carbons (Fsp3) is 0.615. The van der Waals surface area contributed by atoms with Gasteiger partial charge in [0.25, 0.3) is 0 Å². The second-order valence-electron chi connectivity index (χ2n) is 5.31. The van der Waals surface area contributed by atoms with E-state index < -0.39 is 0 Å². The lowest BCUT2D eigenvalue weighted by atomic mass is 9.91. The summed E-state index contributed by atoms with van der Waals surface area (Å²) in [6, 6.07) is -0.141. The average Bonchev–Trinajstić information content (AvgIpc) is 2.14. The molecule has 90 valence electrons. The third-order valence-electron chi connectivity index (χ3n) is 2.47. The smallest absolute Gasteiger partial charge is 0.156 e. The van der Waals surface area contributed by atoms with Gasteiger partial charge in [-0.15, -0.1) is 0 Å². The number of carbonyl (C=O) groups excluding carboxylic acids is 1. The number of allylic oxidation sites excluding steroid dienone is 4. The molecule has 0 aliphatic heterocycles. The SMILES string of the molecule is C[C@H](NC(C)(C)C)C(=O)[C@@H]1C=C(Cl)C=CC1. The minimum atomic E-state index is -0.141. The minimum absolute atomic E-state index is 0.0485. The number of rotatable bonds is 3. The second-order valence-corrected chi connectivity index (χ2v) is 5.75. The second kappa shape index (κ2) is 5.15. The Morgan fingerprint density at radius 1 is 1.56 bits per heavy atom. The van der Waals surface area contributed by atoms with Crippen LogP contribution in [0.2, 0.25) is 0 Å². The molecular formula is C13H20ClNO. The fourth-order valence-corrected chi connectivity index (χ4v) is 2.12. The first-order chi connectivity index (χ1) is 7.29. The van der Waals surface area contributed by atoms with Crippen molar-refractivity contribution in [2.75, 3.05) is 0 Å². The molecule has 16 heavy (non-hydrogen) atoms. The van der Waals surface area contributed by atoms with E-state index in [1.807, 2.05) is 25.2 Å². The Labute approximate surface area is 103 Å². The summed E-state index contributed by atoms with van der Waals surface area (Å²) in [6.45, 7) is 8.08. The van der Waals surface area contributed by atoms with Crippen LogP contribution >= 0.6 is 11.6 Å². The molecule has 0 aromatic heterocycles. The molecule has 0 unspecified atom stereocenters. The van der Waals surface area contributed by atoms with Gasteiger partial charge in [0.05, 0.1) is 6.04 Å². The lowest BCUT2D eigenvalue weighted by Gasteiger charge is -2.27. The van der Waals surface area contributed by atoms with E-state index in [1.165, 1.54) is 0 Å². The van der Waals surface area contributed by atoms with Gasteiger partial charge in [0.15, 0.2) is 5.78 Å². The van der Waals surface area contributed by atoms with E-state index in [2.05, 4.69) is 26.1 Å². The number of nitrogens with one attached hydrogen (secondary N) is 1. The van der Waals surface area contributed by atoms with Crippen LogP contribution in [-0.2, 0) is 4.79 Å². The van der Waals surface area contributed by atoms with Crippen molar-refractivity contribution in [3.8, 4) is 0 Å². The molecule has 1 rings (SSSR count). The maximum atomic E-state index is 12.1. The molecule has 2 atom stereocenters. The molecule has 0 spiro atoms. The predicted octanol–water partition coefficient (Wildman–Crippen LogP) is 3.03. The van der Waals surface area contributed by atoms with Crippen LogP contribution in [0.3, 0.4) is 0 Å². The van der Waals surface area contributed by atoms with Gasteiger partial charge in [-0.1, -0.05) is 23.8 Å². The molecule has 0 aromatic carbocycles. The molecule has 1 N–H and O–H groups in total. The highest BCUT2D eigenvalue weighted by atomic mass is 35.5. The standard InChI is InChI=1S/C13H20ClNO/c1-9(15-13(2,3)4)12(16)10-6-5-7-11(14)8-10/h5,7-10,15H,6H2,1-4H3/t9-,10-/m0/s1. The lowest BCUT2D eigenvalue weighted by molar-refractivity contribution is -0.123. The van der Waals surface area contributed by atoms with Gasteiger partial charge in [0, 0.05) is 16.5 Å². The Balaban J connectivity index is 2.61. The number of hydrogen-bond donors (Lipinski definition) is 1. The Kier molecular flexibility index (Phi) is 4.34. The molecule has 0 radical (unpaired) electrons. The van der Waals surface area contributed by atoms with E-state index in [1.54, 1.807) is 0 Å². The van der Waals surface area contributed by atoms with Crippen molar-refractivity contribution in [1.82, 2.24) is 5.32 Å². The summed E-state index contributed by atoms with van der Waals surface area (Å²) in [5.41, 5.74) is -0.0485. The number of hydrogen-bond acceptors (Lipinski definition) is 2. The quantitative estimate of drug-likeness (QED) is 0.823. The zero-order valence-corrected chi connectivity index (χ0v) is 11.1. The molecular weight excluding hydrogens is 222 g/mol. The molecule has 1 aliphatic carbocycles. The van der Waals surface area contributed by atoms with Crippen LogP contribution in [0.1, 0.15) is 34.1 Å². The van der Waals surface area contributed by atoms with E-state index in [0.717, 1.165) is 6.42 Å². The fourth-order valence-electron chi connectivity index (χ4n) is 1.88. The summed E-state index contributed by atoms with van der Waals surface area (Å²) in [6.07, 6.45) is 6.39. The van der Waals surface area contributed by atoms with Crippen LogP contribution in [0.4, 0.5) is 0 Å². The van der Waals surface area contributed by atoms with E-state index in [-0.39, 0.29) is 23.3 Å². The van der Waals surface area contributed by atoms with Crippen molar-refractivity contribution in [1.29, 1.82) is 0 Å². The summed E-state index contributed by atoms with van der Waals surface area (Å²) in [5, 5.41) is 3.94. The summed E-state index contributed by atoms with van der Waals surface area (Å²) in [4.78, 5) is 12.1. The molecule has 0 fully saturated rings. The van der Waals surface area contributed by atoms with Gasteiger partial charge in [-0.2, -0.15) is 0 Å². The monoisotopic (exact) mass is 241 g/mol. The van der Waals surface area contributed by atoms with Crippen molar-refractivity contribution in [3.05, 3.63) is 23.3 Å². The normalized spacial score (nSPS) is 22.8. The van der Waals surface area contributed by atoms with Gasteiger partial charge in [-0.3, -0.25) is 4.79 Å². The lowest BCUT2D eigenvalue weighted by Crippen LogP contribution is -2.47. The van der Waals surface area contributed by atoms with Gasteiger partial charge in [0.2, 0.25) is 0 Å². The highest BCUT2D eigenvalue weighted by molar-refractivity contribution is 6.31. The largest absolute Gasteiger partial charge is 0.303 e. The first-order valence-electron chi connectivity index (χ1n) is 5.65. The summed E-state index contributed by atoms with van der Waals surface area (Å²) in [7, 11) is 0. The third-order valence-corrected chi connectivity index (χ3v) is 2.72. The topological polar surface area (TPSA) is 29.1 Å². The van der Waals surface area contributed by atoms with Crippen LogP contribution in [0.15, 0.2) is 23.3 Å². The van der Waals surface area contributed by atoms with Gasteiger partial charge >= 0.3 is 0 Å². The zero-order valence-electron chi connectivity index (χ0n) is 10.4. The van der Waals surface area contributed by atoms with E-state index in [9.17, 15) is 4.79 Å². The molecule has 0 saturated heterocycles. The zero-order chi connectivity index (χ0) is 12.3. The Bertz CT molecular complexity index is 325. The van der Waals surface area contributed by atoms with Gasteiger partial charge in [-0.05, 0) is 40.2 Å². The van der Waals surface area contributed by atoms with E-state index in [0.29, 0.717) is 5.03 Å². The van der Waals surface area contributed by atoms with Crippen LogP contribution < -0.4 is 5.32 Å². The van der Waals surface area contributed by atoms with E-state index >= 15 is 0 Å². The number of Topliss-reactive ketones (excluding diaryl/α,β-unsaturated/α-hetero) is 1.